The topological polar surface area (TPSA) is 80.4 Å². The number of rotatable bonds is 3. The molecule has 1 aromatic carbocycles. The fourth-order valence-corrected chi connectivity index (χ4v) is 3.59. The average Bonchev–Trinajstić information content (AvgIpc) is 2.98. The second-order valence-electron chi connectivity index (χ2n) is 6.82. The molecule has 2 aliphatic rings. The highest BCUT2D eigenvalue weighted by Crippen LogP contribution is 2.23. The minimum atomic E-state index is -0.611. The molecule has 2 aliphatic heterocycles. The fraction of sp³-hybridized carbons (Fsp3) is 0.444. The van der Waals surface area contributed by atoms with Crippen molar-refractivity contribution < 1.29 is 14.0 Å². The summed E-state index contributed by atoms with van der Waals surface area (Å²) in [6.45, 7) is 1.23. The van der Waals surface area contributed by atoms with E-state index in [1.165, 1.54) is 29.2 Å². The van der Waals surface area contributed by atoms with Gasteiger partial charge in [0.25, 0.3) is 0 Å². The molecule has 1 aromatic heterocycles. The lowest BCUT2D eigenvalue weighted by atomic mass is 10.2. The number of anilines is 1. The number of amides is 2. The maximum Gasteiger partial charge on any atom is 0.365 e. The largest absolute Gasteiger partial charge is 0.365 e. The van der Waals surface area contributed by atoms with Gasteiger partial charge in [0.05, 0.1) is 6.54 Å². The second kappa shape index (κ2) is 6.98. The third-order valence-electron chi connectivity index (χ3n) is 5.03. The highest BCUT2D eigenvalue weighted by molar-refractivity contribution is 5.95. The van der Waals surface area contributed by atoms with Gasteiger partial charge in [0, 0.05) is 18.8 Å². The number of fused-ring (bicyclic) bond motifs is 1. The molecule has 3 heterocycles. The van der Waals surface area contributed by atoms with Crippen LogP contribution in [0.2, 0.25) is 0 Å². The first-order valence-electron chi connectivity index (χ1n) is 9.08. The standard InChI is InChI=1S/C18H20FN5O3/c19-13-5-7-14(8-6-13)22-11-15-20-17(26)23(24(15)18(22)27)12-16(25)21-9-3-1-2-4-10-21/h5-8H,1-4,9-12H2. The summed E-state index contributed by atoms with van der Waals surface area (Å²) >= 11 is 0. The van der Waals surface area contributed by atoms with Crippen LogP contribution < -0.4 is 10.6 Å². The zero-order chi connectivity index (χ0) is 19.0. The molecule has 0 unspecified atom stereocenters. The number of hydrogen-bond acceptors (Lipinski definition) is 4. The van der Waals surface area contributed by atoms with E-state index in [2.05, 4.69) is 4.98 Å². The Bertz CT molecular complexity index is 925. The molecule has 1 fully saturated rings. The number of carbonyl (C=O) groups excluding carboxylic acids is 2. The zero-order valence-electron chi connectivity index (χ0n) is 14.8. The molecule has 0 N–H and O–H groups in total. The molecule has 0 aliphatic carbocycles. The summed E-state index contributed by atoms with van der Waals surface area (Å²) < 4.78 is 15.4. The summed E-state index contributed by atoms with van der Waals surface area (Å²) in [5.74, 6) is -0.309. The molecule has 142 valence electrons. The number of hydrogen-bond donors (Lipinski definition) is 0. The van der Waals surface area contributed by atoms with Gasteiger partial charge in [-0.2, -0.15) is 9.67 Å². The molecule has 4 rings (SSSR count). The number of nitrogens with zero attached hydrogens (tertiary/aromatic N) is 5. The fourth-order valence-electron chi connectivity index (χ4n) is 3.59. The van der Waals surface area contributed by atoms with E-state index in [4.69, 9.17) is 0 Å². The highest BCUT2D eigenvalue weighted by Gasteiger charge is 2.34. The van der Waals surface area contributed by atoms with Gasteiger partial charge in [0.15, 0.2) is 5.82 Å². The molecule has 0 atom stereocenters. The molecule has 2 aromatic rings. The molecule has 0 saturated carbocycles. The summed E-state index contributed by atoms with van der Waals surface area (Å²) in [4.78, 5) is 44.7. The third kappa shape index (κ3) is 3.24. The van der Waals surface area contributed by atoms with Gasteiger partial charge in [-0.1, -0.05) is 12.8 Å². The average molecular weight is 373 g/mol. The smallest absolute Gasteiger partial charge is 0.341 e. The Kier molecular flexibility index (Phi) is 4.51. The van der Waals surface area contributed by atoms with Crippen molar-refractivity contribution in [2.75, 3.05) is 18.0 Å². The van der Waals surface area contributed by atoms with Crippen molar-refractivity contribution in [3.8, 4) is 0 Å². The van der Waals surface area contributed by atoms with Gasteiger partial charge in [-0.15, -0.1) is 0 Å². The van der Waals surface area contributed by atoms with Crippen LogP contribution in [0.4, 0.5) is 14.9 Å². The van der Waals surface area contributed by atoms with Crippen LogP contribution in [-0.2, 0) is 17.9 Å². The Morgan fingerprint density at radius 3 is 2.37 bits per heavy atom. The first kappa shape index (κ1) is 17.4. The van der Waals surface area contributed by atoms with Gasteiger partial charge >= 0.3 is 11.7 Å². The molecule has 1 saturated heterocycles. The quantitative estimate of drug-likeness (QED) is 0.818. The molecular formula is C18H20FN5O3. The van der Waals surface area contributed by atoms with E-state index >= 15 is 0 Å². The molecule has 0 bridgehead atoms. The first-order valence-corrected chi connectivity index (χ1v) is 9.08. The van der Waals surface area contributed by atoms with E-state index in [9.17, 15) is 18.8 Å². The van der Waals surface area contributed by atoms with Gasteiger partial charge in [0.2, 0.25) is 5.91 Å². The summed E-state index contributed by atoms with van der Waals surface area (Å²) in [5.41, 5.74) is -0.106. The minimum Gasteiger partial charge on any atom is -0.341 e. The third-order valence-corrected chi connectivity index (χ3v) is 5.03. The van der Waals surface area contributed by atoms with Crippen molar-refractivity contribution >= 4 is 17.6 Å². The lowest BCUT2D eigenvalue weighted by Gasteiger charge is -2.21. The van der Waals surface area contributed by atoms with Crippen LogP contribution in [0.25, 0.3) is 0 Å². The van der Waals surface area contributed by atoms with Crippen molar-refractivity contribution in [2.24, 2.45) is 0 Å². The van der Waals surface area contributed by atoms with Gasteiger partial charge in [-0.05, 0) is 37.1 Å². The Balaban J connectivity index is 1.57. The van der Waals surface area contributed by atoms with Gasteiger partial charge in [-0.25, -0.2) is 18.7 Å². The van der Waals surface area contributed by atoms with Crippen LogP contribution in [-0.4, -0.2) is 44.3 Å². The molecule has 0 radical (unpaired) electrons. The van der Waals surface area contributed by atoms with Crippen LogP contribution in [0.3, 0.4) is 0 Å². The first-order chi connectivity index (χ1) is 13.0. The van der Waals surface area contributed by atoms with Crippen LogP contribution in [0, 0.1) is 5.82 Å². The molecular weight excluding hydrogens is 353 g/mol. The Morgan fingerprint density at radius 1 is 1.04 bits per heavy atom. The van der Waals surface area contributed by atoms with Crippen molar-refractivity contribution in [3.05, 3.63) is 46.4 Å². The molecule has 0 spiro atoms. The van der Waals surface area contributed by atoms with E-state index in [1.54, 1.807) is 4.90 Å². The van der Waals surface area contributed by atoms with Gasteiger partial charge < -0.3 is 4.90 Å². The van der Waals surface area contributed by atoms with Crippen molar-refractivity contribution in [2.45, 2.75) is 38.8 Å². The Labute approximate surface area is 154 Å². The van der Waals surface area contributed by atoms with Crippen LogP contribution in [0.5, 0.6) is 0 Å². The number of benzene rings is 1. The van der Waals surface area contributed by atoms with E-state index in [1.807, 2.05) is 0 Å². The summed E-state index contributed by atoms with van der Waals surface area (Å²) in [7, 11) is 0. The monoisotopic (exact) mass is 373 g/mol. The lowest BCUT2D eigenvalue weighted by molar-refractivity contribution is -0.132. The van der Waals surface area contributed by atoms with Gasteiger partial charge in [-0.3, -0.25) is 9.69 Å². The maximum absolute atomic E-state index is 13.1. The van der Waals surface area contributed by atoms with Crippen LogP contribution in [0.1, 0.15) is 31.5 Å². The lowest BCUT2D eigenvalue weighted by Crippen LogP contribution is -2.40. The second-order valence-corrected chi connectivity index (χ2v) is 6.82. The maximum atomic E-state index is 13.1. The van der Waals surface area contributed by atoms with E-state index < -0.39 is 17.5 Å². The van der Waals surface area contributed by atoms with E-state index in [0.29, 0.717) is 18.8 Å². The summed E-state index contributed by atoms with van der Waals surface area (Å²) in [6.07, 6.45) is 4.08. The zero-order valence-corrected chi connectivity index (χ0v) is 14.8. The highest BCUT2D eigenvalue weighted by atomic mass is 19.1. The van der Waals surface area contributed by atoms with Gasteiger partial charge in [0.1, 0.15) is 12.4 Å². The SMILES string of the molecule is O=C(Cn1c(=O)nc2n1C(=O)N(c1ccc(F)cc1)C2)N1CCCCCC1. The number of aromatic nitrogens is 3. The van der Waals surface area contributed by atoms with Crippen molar-refractivity contribution in [1.82, 2.24) is 19.2 Å². The number of halogens is 1. The number of likely N-dealkylation sites (tertiary alicyclic amines) is 1. The molecule has 2 amide bonds. The Morgan fingerprint density at radius 2 is 1.70 bits per heavy atom. The van der Waals surface area contributed by atoms with E-state index in [0.717, 1.165) is 35.0 Å². The van der Waals surface area contributed by atoms with Crippen LogP contribution in [0.15, 0.2) is 29.1 Å². The van der Waals surface area contributed by atoms with Crippen molar-refractivity contribution in [1.29, 1.82) is 0 Å². The predicted octanol–water partition coefficient (Wildman–Crippen LogP) is 1.57. The minimum absolute atomic E-state index is 0.102. The predicted molar refractivity (Wildman–Crippen MR) is 94.9 cm³/mol. The molecule has 9 heteroatoms. The summed E-state index contributed by atoms with van der Waals surface area (Å²) in [6, 6.07) is 5.03. The molecule has 27 heavy (non-hydrogen) atoms. The summed E-state index contributed by atoms with van der Waals surface area (Å²) in [5, 5.41) is 0. The van der Waals surface area contributed by atoms with Crippen LogP contribution >= 0.6 is 0 Å². The van der Waals surface area contributed by atoms with E-state index in [-0.39, 0.29) is 24.8 Å². The number of carbonyl (C=O) groups is 2. The molecule has 8 nitrogen and oxygen atoms in total. The Hall–Kier alpha value is -2.97. The normalized spacial score (nSPS) is 17.1. The van der Waals surface area contributed by atoms with Crippen molar-refractivity contribution in [3.63, 3.8) is 0 Å².